The highest BCUT2D eigenvalue weighted by Gasteiger charge is 2.15. The Kier molecular flexibility index (Phi) is 10.9. The van der Waals surface area contributed by atoms with Crippen molar-refractivity contribution in [2.24, 2.45) is 4.99 Å². The van der Waals surface area contributed by atoms with E-state index in [0.717, 1.165) is 18.9 Å². The molecular weight excluding hydrogens is 288 g/mol. The van der Waals surface area contributed by atoms with Crippen molar-refractivity contribution in [3.63, 3.8) is 0 Å². The van der Waals surface area contributed by atoms with E-state index in [-0.39, 0.29) is 0 Å². The van der Waals surface area contributed by atoms with Gasteiger partial charge in [0, 0.05) is 26.7 Å². The normalized spacial score (nSPS) is 12.0. The Balaban J connectivity index is 3.66. The van der Waals surface area contributed by atoms with Crippen molar-refractivity contribution in [3.8, 4) is 0 Å². The van der Waals surface area contributed by atoms with Crippen LogP contribution in [0, 0.1) is 0 Å². The van der Waals surface area contributed by atoms with Crippen LogP contribution in [-0.2, 0) is 4.74 Å². The maximum Gasteiger partial charge on any atom is 0.407 e. The highest BCUT2D eigenvalue weighted by atomic mass is 32.2. The number of rotatable bonds is 8. The summed E-state index contributed by atoms with van der Waals surface area (Å²) in [6.07, 6.45) is 4.04. The van der Waals surface area contributed by atoms with E-state index < -0.39 is 11.7 Å². The van der Waals surface area contributed by atoms with Crippen molar-refractivity contribution in [1.82, 2.24) is 16.0 Å². The number of hydrogen-bond acceptors (Lipinski definition) is 4. The fourth-order valence-corrected chi connectivity index (χ4v) is 1.95. The summed E-state index contributed by atoms with van der Waals surface area (Å²) < 4.78 is 5.15. The zero-order chi connectivity index (χ0) is 16.1. The van der Waals surface area contributed by atoms with Gasteiger partial charge in [-0.2, -0.15) is 11.8 Å². The van der Waals surface area contributed by atoms with Crippen molar-refractivity contribution in [1.29, 1.82) is 0 Å². The van der Waals surface area contributed by atoms with Crippen LogP contribution >= 0.6 is 11.8 Å². The molecule has 0 aromatic heterocycles. The molecule has 124 valence electrons. The summed E-state index contributed by atoms with van der Waals surface area (Å²) in [6.45, 7) is 7.51. The Morgan fingerprint density at radius 3 is 2.29 bits per heavy atom. The average molecular weight is 318 g/mol. The molecule has 0 heterocycles. The van der Waals surface area contributed by atoms with Crippen LogP contribution in [0.2, 0.25) is 0 Å². The van der Waals surface area contributed by atoms with Gasteiger partial charge in [-0.1, -0.05) is 0 Å². The monoisotopic (exact) mass is 318 g/mol. The molecule has 0 bridgehead atoms. The number of unbranched alkanes of at least 4 members (excludes halogenated alkanes) is 1. The lowest BCUT2D eigenvalue weighted by Gasteiger charge is -2.19. The summed E-state index contributed by atoms with van der Waals surface area (Å²) in [7, 11) is 1.73. The van der Waals surface area contributed by atoms with Gasteiger partial charge in [0.15, 0.2) is 5.96 Å². The molecule has 7 heteroatoms. The van der Waals surface area contributed by atoms with Crippen LogP contribution in [-0.4, -0.2) is 56.3 Å². The molecular formula is C14H30N4O2S. The zero-order valence-corrected chi connectivity index (χ0v) is 14.7. The minimum absolute atomic E-state index is 0.399. The van der Waals surface area contributed by atoms with E-state index in [9.17, 15) is 4.79 Å². The Bertz CT molecular complexity index is 317. The smallest absolute Gasteiger partial charge is 0.407 e. The van der Waals surface area contributed by atoms with Gasteiger partial charge in [-0.3, -0.25) is 4.99 Å². The molecule has 0 aliphatic heterocycles. The van der Waals surface area contributed by atoms with Crippen molar-refractivity contribution in [2.45, 2.75) is 39.2 Å². The molecule has 1 amide bonds. The highest BCUT2D eigenvalue weighted by molar-refractivity contribution is 7.98. The fourth-order valence-electron chi connectivity index (χ4n) is 1.46. The minimum atomic E-state index is -0.466. The van der Waals surface area contributed by atoms with E-state index in [1.165, 1.54) is 12.2 Å². The summed E-state index contributed by atoms with van der Waals surface area (Å²) >= 11 is 1.86. The van der Waals surface area contributed by atoms with Crippen LogP contribution in [0.4, 0.5) is 4.79 Å². The first kappa shape index (κ1) is 19.9. The maximum atomic E-state index is 11.4. The maximum absolute atomic E-state index is 11.4. The van der Waals surface area contributed by atoms with Crippen LogP contribution < -0.4 is 16.0 Å². The summed E-state index contributed by atoms with van der Waals surface area (Å²) in [5.74, 6) is 1.94. The predicted molar refractivity (Wildman–Crippen MR) is 91.2 cm³/mol. The average Bonchev–Trinajstić information content (AvgIpc) is 2.39. The van der Waals surface area contributed by atoms with Gasteiger partial charge in [0.1, 0.15) is 5.60 Å². The van der Waals surface area contributed by atoms with E-state index >= 15 is 0 Å². The Hall–Kier alpha value is -1.11. The van der Waals surface area contributed by atoms with Gasteiger partial charge in [-0.05, 0) is 45.6 Å². The first-order chi connectivity index (χ1) is 9.89. The highest BCUT2D eigenvalue weighted by Crippen LogP contribution is 2.05. The molecule has 0 rings (SSSR count). The molecule has 0 radical (unpaired) electrons. The van der Waals surface area contributed by atoms with Gasteiger partial charge in [-0.15, -0.1) is 0 Å². The van der Waals surface area contributed by atoms with E-state index in [0.29, 0.717) is 13.1 Å². The summed E-state index contributed by atoms with van der Waals surface area (Å²) in [4.78, 5) is 15.6. The molecule has 0 aliphatic rings. The van der Waals surface area contributed by atoms with Crippen LogP contribution in [0.3, 0.4) is 0 Å². The molecule has 0 saturated carbocycles. The molecule has 0 saturated heterocycles. The van der Waals surface area contributed by atoms with Gasteiger partial charge in [-0.25, -0.2) is 4.79 Å². The second-order valence-corrected chi connectivity index (χ2v) is 6.54. The number of nitrogens with zero attached hydrogens (tertiary/aromatic N) is 1. The number of guanidine groups is 1. The van der Waals surface area contributed by atoms with Crippen molar-refractivity contribution in [3.05, 3.63) is 0 Å². The minimum Gasteiger partial charge on any atom is -0.444 e. The van der Waals surface area contributed by atoms with E-state index in [2.05, 4.69) is 27.2 Å². The number of carbonyl (C=O) groups excluding carboxylic acids is 1. The molecule has 0 fully saturated rings. The third-order valence-corrected chi connectivity index (χ3v) is 3.07. The number of aliphatic imine (C=N–C) groups is 1. The Morgan fingerprint density at radius 1 is 1.10 bits per heavy atom. The molecule has 3 N–H and O–H groups in total. The van der Waals surface area contributed by atoms with Crippen molar-refractivity contribution in [2.75, 3.05) is 38.7 Å². The molecule has 21 heavy (non-hydrogen) atoms. The number of carbonyl (C=O) groups is 1. The molecule has 0 aromatic rings. The standard InChI is InChI=1S/C14H30N4O2S/c1-14(2,3)20-13(19)18-10-9-17-12(15-4)16-8-6-7-11-21-5/h6-11H2,1-5H3,(H,18,19)(H2,15,16,17). The number of thioether (sulfide) groups is 1. The largest absolute Gasteiger partial charge is 0.444 e. The third kappa shape index (κ3) is 13.6. The van der Waals surface area contributed by atoms with Gasteiger partial charge < -0.3 is 20.7 Å². The van der Waals surface area contributed by atoms with Crippen LogP contribution in [0.1, 0.15) is 33.6 Å². The van der Waals surface area contributed by atoms with Crippen LogP contribution in [0.5, 0.6) is 0 Å². The van der Waals surface area contributed by atoms with Crippen molar-refractivity contribution >= 4 is 23.8 Å². The SMILES string of the molecule is CN=C(NCCCCSC)NCCNC(=O)OC(C)(C)C. The quantitative estimate of drug-likeness (QED) is 0.362. The van der Waals surface area contributed by atoms with E-state index in [4.69, 9.17) is 4.74 Å². The lowest BCUT2D eigenvalue weighted by Crippen LogP contribution is -2.42. The van der Waals surface area contributed by atoms with Crippen LogP contribution in [0.15, 0.2) is 4.99 Å². The summed E-state index contributed by atoms with van der Waals surface area (Å²) in [5, 5.41) is 9.08. The lowest BCUT2D eigenvalue weighted by molar-refractivity contribution is 0.0529. The second-order valence-electron chi connectivity index (χ2n) is 5.55. The third-order valence-electron chi connectivity index (χ3n) is 2.38. The van der Waals surface area contributed by atoms with E-state index in [1.807, 2.05) is 32.5 Å². The molecule has 0 spiro atoms. The number of nitrogens with one attached hydrogen (secondary N) is 3. The van der Waals surface area contributed by atoms with Crippen molar-refractivity contribution < 1.29 is 9.53 Å². The summed E-state index contributed by atoms with van der Waals surface area (Å²) in [6, 6.07) is 0. The first-order valence-corrected chi connectivity index (χ1v) is 8.68. The van der Waals surface area contributed by atoms with Gasteiger partial charge in [0.25, 0.3) is 0 Å². The lowest BCUT2D eigenvalue weighted by atomic mass is 10.2. The number of ether oxygens (including phenoxy) is 1. The fraction of sp³-hybridized carbons (Fsp3) is 0.857. The van der Waals surface area contributed by atoms with Gasteiger partial charge in [0.2, 0.25) is 0 Å². The van der Waals surface area contributed by atoms with Crippen LogP contribution in [0.25, 0.3) is 0 Å². The molecule has 0 aliphatic carbocycles. The molecule has 6 nitrogen and oxygen atoms in total. The van der Waals surface area contributed by atoms with Gasteiger partial charge >= 0.3 is 6.09 Å². The topological polar surface area (TPSA) is 74.8 Å². The Morgan fingerprint density at radius 2 is 1.71 bits per heavy atom. The summed E-state index contributed by atoms with van der Waals surface area (Å²) in [5.41, 5.74) is -0.466. The zero-order valence-electron chi connectivity index (χ0n) is 13.9. The first-order valence-electron chi connectivity index (χ1n) is 7.29. The molecule has 0 aromatic carbocycles. The number of amides is 1. The van der Waals surface area contributed by atoms with Gasteiger partial charge in [0.05, 0.1) is 0 Å². The number of hydrogen-bond donors (Lipinski definition) is 3. The second kappa shape index (κ2) is 11.5. The Labute approximate surface area is 132 Å². The van der Waals surface area contributed by atoms with E-state index in [1.54, 1.807) is 7.05 Å². The molecule has 0 atom stereocenters. The number of alkyl carbamates (subject to hydrolysis) is 1. The molecule has 0 unspecified atom stereocenters. The predicted octanol–water partition coefficient (Wildman–Crippen LogP) is 1.82.